The first kappa shape index (κ1) is 12.5. The van der Waals surface area contributed by atoms with Crippen LogP contribution in [-0.4, -0.2) is 10.1 Å². The van der Waals surface area contributed by atoms with Gasteiger partial charge in [-0.1, -0.05) is 6.07 Å². The Morgan fingerprint density at radius 2 is 2.00 bits per heavy atom. The minimum Gasteiger partial charge on any atom is -0.379 e. The molecule has 0 fully saturated rings. The monoisotopic (exact) mass is 279 g/mol. The molecule has 2 nitrogen and oxygen atoms in total. The van der Waals surface area contributed by atoms with E-state index in [2.05, 4.69) is 4.98 Å². The van der Waals surface area contributed by atoms with Gasteiger partial charge in [-0.3, -0.25) is 0 Å². The zero-order valence-electron chi connectivity index (χ0n) is 8.65. The molecular weight excluding hydrogens is 271 g/mol. The van der Waals surface area contributed by atoms with Crippen molar-refractivity contribution in [2.75, 3.05) is 0 Å². The first-order valence-electron chi connectivity index (χ1n) is 4.61. The van der Waals surface area contributed by atoms with Crippen LogP contribution in [-0.2, 0) is 11.8 Å². The molecule has 92 valence electrons. The second-order valence-electron chi connectivity index (χ2n) is 3.58. The van der Waals surface area contributed by atoms with Gasteiger partial charge >= 0.3 is 6.18 Å². The standard InChI is InChI=1S/C10H8F3NOS2/c1-9(15,6-3-2-4-16-6)7-5-14-8(17-7)10(11,12)13/h2-5,15H,1H3. The maximum atomic E-state index is 12.4. The molecule has 7 heteroatoms. The fourth-order valence-electron chi connectivity index (χ4n) is 1.31. The van der Waals surface area contributed by atoms with Crippen molar-refractivity contribution in [3.8, 4) is 0 Å². The van der Waals surface area contributed by atoms with E-state index in [1.54, 1.807) is 17.5 Å². The third-order valence-corrected chi connectivity index (χ3v) is 4.56. The van der Waals surface area contributed by atoms with Crippen molar-refractivity contribution in [2.45, 2.75) is 18.7 Å². The summed E-state index contributed by atoms with van der Waals surface area (Å²) in [6.45, 7) is 1.46. The Hall–Kier alpha value is -0.920. The molecule has 2 aromatic rings. The Balaban J connectivity index is 2.38. The molecule has 0 spiro atoms. The van der Waals surface area contributed by atoms with Gasteiger partial charge in [-0.2, -0.15) is 13.2 Å². The van der Waals surface area contributed by atoms with E-state index in [1.807, 2.05) is 0 Å². The number of thiazole rings is 1. The summed E-state index contributed by atoms with van der Waals surface area (Å²) in [4.78, 5) is 4.08. The SMILES string of the molecule is CC(O)(c1cccs1)c1cnc(C(F)(F)F)s1. The predicted molar refractivity (Wildman–Crippen MR) is 60.1 cm³/mol. The highest BCUT2D eigenvalue weighted by atomic mass is 32.1. The van der Waals surface area contributed by atoms with Crippen LogP contribution in [0.5, 0.6) is 0 Å². The average molecular weight is 279 g/mol. The van der Waals surface area contributed by atoms with Gasteiger partial charge < -0.3 is 5.11 Å². The number of nitrogens with zero attached hydrogens (tertiary/aromatic N) is 1. The Kier molecular flexibility index (Phi) is 3.01. The minimum absolute atomic E-state index is 0.187. The number of alkyl halides is 3. The lowest BCUT2D eigenvalue weighted by Crippen LogP contribution is -2.19. The van der Waals surface area contributed by atoms with Crippen LogP contribution < -0.4 is 0 Å². The van der Waals surface area contributed by atoms with Gasteiger partial charge in [0.2, 0.25) is 0 Å². The highest BCUT2D eigenvalue weighted by Gasteiger charge is 2.37. The maximum Gasteiger partial charge on any atom is 0.443 e. The molecule has 0 amide bonds. The van der Waals surface area contributed by atoms with Crippen LogP contribution >= 0.6 is 22.7 Å². The van der Waals surface area contributed by atoms with E-state index in [0.29, 0.717) is 16.2 Å². The summed E-state index contributed by atoms with van der Waals surface area (Å²) in [6.07, 6.45) is -3.39. The van der Waals surface area contributed by atoms with E-state index in [1.165, 1.54) is 18.3 Å². The molecule has 0 aliphatic carbocycles. The van der Waals surface area contributed by atoms with Gasteiger partial charge in [0.25, 0.3) is 0 Å². The van der Waals surface area contributed by atoms with Crippen LogP contribution in [0.2, 0.25) is 0 Å². The lowest BCUT2D eigenvalue weighted by Gasteiger charge is -2.19. The fraction of sp³-hybridized carbons (Fsp3) is 0.300. The van der Waals surface area contributed by atoms with E-state index in [0.717, 1.165) is 6.20 Å². The van der Waals surface area contributed by atoms with Crippen molar-refractivity contribution in [1.29, 1.82) is 0 Å². The van der Waals surface area contributed by atoms with Gasteiger partial charge in [-0.25, -0.2) is 4.98 Å². The van der Waals surface area contributed by atoms with Gasteiger partial charge in [0.1, 0.15) is 5.60 Å². The normalized spacial score (nSPS) is 15.8. The Labute approximate surface area is 103 Å². The number of halogens is 3. The highest BCUT2D eigenvalue weighted by molar-refractivity contribution is 7.12. The van der Waals surface area contributed by atoms with Crippen LogP contribution in [0.15, 0.2) is 23.7 Å². The first-order chi connectivity index (χ1) is 7.82. The largest absolute Gasteiger partial charge is 0.443 e. The van der Waals surface area contributed by atoms with Crippen molar-refractivity contribution < 1.29 is 18.3 Å². The second-order valence-corrected chi connectivity index (χ2v) is 5.56. The van der Waals surface area contributed by atoms with Crippen LogP contribution in [0.4, 0.5) is 13.2 Å². The molecule has 17 heavy (non-hydrogen) atoms. The number of aromatic nitrogens is 1. The topological polar surface area (TPSA) is 33.1 Å². The molecule has 1 N–H and O–H groups in total. The quantitative estimate of drug-likeness (QED) is 0.913. The average Bonchev–Trinajstić information content (AvgIpc) is 2.89. The molecule has 0 aromatic carbocycles. The minimum atomic E-state index is -4.46. The molecule has 2 rings (SSSR count). The Morgan fingerprint density at radius 3 is 2.47 bits per heavy atom. The van der Waals surface area contributed by atoms with E-state index in [-0.39, 0.29) is 4.88 Å². The zero-order valence-corrected chi connectivity index (χ0v) is 10.3. The summed E-state index contributed by atoms with van der Waals surface area (Å²) in [5, 5.41) is 11.1. The smallest absolute Gasteiger partial charge is 0.379 e. The van der Waals surface area contributed by atoms with Crippen LogP contribution in [0.25, 0.3) is 0 Å². The Bertz CT molecular complexity index is 502. The second kappa shape index (κ2) is 4.08. The van der Waals surface area contributed by atoms with Gasteiger partial charge in [0, 0.05) is 11.1 Å². The van der Waals surface area contributed by atoms with Crippen molar-refractivity contribution in [1.82, 2.24) is 4.98 Å². The summed E-state index contributed by atoms with van der Waals surface area (Å²) in [7, 11) is 0. The van der Waals surface area contributed by atoms with Gasteiger partial charge in [0.05, 0.1) is 4.88 Å². The molecule has 0 saturated heterocycles. The zero-order chi connectivity index (χ0) is 12.7. The van der Waals surface area contributed by atoms with Crippen molar-refractivity contribution in [3.05, 3.63) is 38.5 Å². The molecular formula is C10H8F3NOS2. The fourth-order valence-corrected chi connectivity index (χ4v) is 3.02. The lowest BCUT2D eigenvalue weighted by atomic mass is 10.0. The summed E-state index contributed by atoms with van der Waals surface area (Å²) in [6, 6.07) is 3.41. The number of hydrogen-bond donors (Lipinski definition) is 1. The molecule has 0 aliphatic rings. The van der Waals surface area contributed by atoms with E-state index >= 15 is 0 Å². The summed E-state index contributed by atoms with van der Waals surface area (Å²) < 4.78 is 37.2. The van der Waals surface area contributed by atoms with Crippen LogP contribution in [0.3, 0.4) is 0 Å². The first-order valence-corrected chi connectivity index (χ1v) is 6.31. The lowest BCUT2D eigenvalue weighted by molar-refractivity contribution is -0.137. The molecule has 2 aromatic heterocycles. The molecule has 2 heterocycles. The summed E-state index contributed by atoms with van der Waals surface area (Å²) >= 11 is 1.75. The van der Waals surface area contributed by atoms with E-state index in [4.69, 9.17) is 0 Å². The number of thiophene rings is 1. The van der Waals surface area contributed by atoms with Gasteiger partial charge in [-0.15, -0.1) is 22.7 Å². The van der Waals surface area contributed by atoms with E-state index < -0.39 is 16.8 Å². The molecule has 1 atom stereocenters. The highest BCUT2D eigenvalue weighted by Crippen LogP contribution is 2.39. The number of aliphatic hydroxyl groups is 1. The Morgan fingerprint density at radius 1 is 1.29 bits per heavy atom. The third-order valence-electron chi connectivity index (χ3n) is 2.23. The molecule has 0 aliphatic heterocycles. The van der Waals surface area contributed by atoms with Crippen molar-refractivity contribution in [2.24, 2.45) is 0 Å². The molecule has 0 radical (unpaired) electrons. The van der Waals surface area contributed by atoms with Gasteiger partial charge in [0.15, 0.2) is 5.01 Å². The van der Waals surface area contributed by atoms with Crippen molar-refractivity contribution in [3.63, 3.8) is 0 Å². The van der Waals surface area contributed by atoms with Crippen molar-refractivity contribution >= 4 is 22.7 Å². The summed E-state index contributed by atoms with van der Waals surface area (Å²) in [5.74, 6) is 0. The van der Waals surface area contributed by atoms with Gasteiger partial charge in [-0.05, 0) is 18.4 Å². The maximum absolute atomic E-state index is 12.4. The van der Waals surface area contributed by atoms with Crippen LogP contribution in [0.1, 0.15) is 21.7 Å². The number of rotatable bonds is 2. The molecule has 0 bridgehead atoms. The van der Waals surface area contributed by atoms with Crippen LogP contribution in [0, 0.1) is 0 Å². The molecule has 1 unspecified atom stereocenters. The number of hydrogen-bond acceptors (Lipinski definition) is 4. The van der Waals surface area contributed by atoms with E-state index in [9.17, 15) is 18.3 Å². The third kappa shape index (κ3) is 2.36. The summed E-state index contributed by atoms with van der Waals surface area (Å²) in [5.41, 5.74) is -1.42. The molecule has 0 saturated carbocycles. The predicted octanol–water partition coefficient (Wildman–Crippen LogP) is 3.48.